The molecule has 0 fully saturated rings. The molecular weight excluding hydrogens is 260 g/mol. The summed E-state index contributed by atoms with van der Waals surface area (Å²) in [5, 5.41) is 3.85. The third-order valence-electron chi connectivity index (χ3n) is 3.81. The van der Waals surface area contributed by atoms with Gasteiger partial charge in [-0.15, -0.1) is 0 Å². The molecule has 19 heavy (non-hydrogen) atoms. The van der Waals surface area contributed by atoms with Crippen molar-refractivity contribution in [2.45, 2.75) is 51.1 Å². The van der Waals surface area contributed by atoms with Crippen LogP contribution >= 0.6 is 11.6 Å². The van der Waals surface area contributed by atoms with Crippen LogP contribution in [0.3, 0.4) is 0 Å². The summed E-state index contributed by atoms with van der Waals surface area (Å²) in [6, 6.07) is 5.90. The van der Waals surface area contributed by atoms with Crippen molar-refractivity contribution in [2.75, 3.05) is 0 Å². The summed E-state index contributed by atoms with van der Waals surface area (Å²) >= 11 is 6.17. The SMILES string of the molecule is CCCC(C)(N)C(=O)NC1CCc2c(Cl)cccc21. The summed E-state index contributed by atoms with van der Waals surface area (Å²) in [4.78, 5) is 12.2. The number of nitrogens with one attached hydrogen (secondary N) is 1. The highest BCUT2D eigenvalue weighted by Gasteiger charge is 2.32. The summed E-state index contributed by atoms with van der Waals surface area (Å²) in [5.41, 5.74) is 7.55. The van der Waals surface area contributed by atoms with Crippen LogP contribution < -0.4 is 11.1 Å². The fourth-order valence-electron chi connectivity index (χ4n) is 2.72. The Balaban J connectivity index is 2.11. The van der Waals surface area contributed by atoms with Crippen molar-refractivity contribution in [3.8, 4) is 0 Å². The lowest BCUT2D eigenvalue weighted by Crippen LogP contribution is -2.52. The molecule has 104 valence electrons. The smallest absolute Gasteiger partial charge is 0.240 e. The van der Waals surface area contributed by atoms with E-state index in [-0.39, 0.29) is 11.9 Å². The van der Waals surface area contributed by atoms with E-state index < -0.39 is 5.54 Å². The molecule has 1 aliphatic rings. The first-order chi connectivity index (χ1) is 8.95. The van der Waals surface area contributed by atoms with E-state index in [1.54, 1.807) is 6.92 Å². The van der Waals surface area contributed by atoms with E-state index in [1.165, 1.54) is 0 Å². The van der Waals surface area contributed by atoms with Crippen LogP contribution in [-0.4, -0.2) is 11.4 Å². The first-order valence-corrected chi connectivity index (χ1v) is 7.20. The molecule has 0 saturated heterocycles. The molecule has 0 bridgehead atoms. The van der Waals surface area contributed by atoms with Gasteiger partial charge in [0.2, 0.25) is 5.91 Å². The molecule has 0 heterocycles. The Labute approximate surface area is 119 Å². The molecule has 0 saturated carbocycles. The molecule has 0 aliphatic heterocycles. The summed E-state index contributed by atoms with van der Waals surface area (Å²) in [7, 11) is 0. The molecule has 0 radical (unpaired) electrons. The zero-order valence-corrected chi connectivity index (χ0v) is 12.3. The second-order valence-electron chi connectivity index (χ2n) is 5.54. The van der Waals surface area contributed by atoms with Gasteiger partial charge in [0, 0.05) is 5.02 Å². The van der Waals surface area contributed by atoms with E-state index in [0.29, 0.717) is 6.42 Å². The molecule has 1 amide bonds. The molecule has 4 heteroatoms. The minimum absolute atomic E-state index is 0.0425. The van der Waals surface area contributed by atoms with Crippen molar-refractivity contribution in [3.05, 3.63) is 34.3 Å². The molecule has 1 aromatic carbocycles. The zero-order chi connectivity index (χ0) is 14.0. The van der Waals surface area contributed by atoms with Crippen molar-refractivity contribution < 1.29 is 4.79 Å². The summed E-state index contributed by atoms with van der Waals surface area (Å²) < 4.78 is 0. The summed E-state index contributed by atoms with van der Waals surface area (Å²) in [6.45, 7) is 3.82. The molecule has 1 aromatic rings. The van der Waals surface area contributed by atoms with Gasteiger partial charge in [0.05, 0.1) is 11.6 Å². The largest absolute Gasteiger partial charge is 0.348 e. The molecular formula is C15H21ClN2O. The van der Waals surface area contributed by atoms with Gasteiger partial charge >= 0.3 is 0 Å². The van der Waals surface area contributed by atoms with Gasteiger partial charge < -0.3 is 11.1 Å². The number of halogens is 1. The Kier molecular flexibility index (Phi) is 4.16. The maximum absolute atomic E-state index is 12.2. The highest BCUT2D eigenvalue weighted by atomic mass is 35.5. The van der Waals surface area contributed by atoms with Gasteiger partial charge in [-0.2, -0.15) is 0 Å². The number of carbonyl (C=O) groups is 1. The third-order valence-corrected chi connectivity index (χ3v) is 4.16. The molecule has 3 N–H and O–H groups in total. The van der Waals surface area contributed by atoms with Crippen molar-refractivity contribution in [1.29, 1.82) is 0 Å². The minimum Gasteiger partial charge on any atom is -0.348 e. The van der Waals surface area contributed by atoms with Crippen molar-refractivity contribution >= 4 is 17.5 Å². The average molecular weight is 281 g/mol. The van der Waals surface area contributed by atoms with Gasteiger partial charge in [-0.25, -0.2) is 0 Å². The molecule has 0 aromatic heterocycles. The number of nitrogens with two attached hydrogens (primary N) is 1. The molecule has 1 aliphatic carbocycles. The minimum atomic E-state index is -0.796. The molecule has 3 nitrogen and oxygen atoms in total. The monoisotopic (exact) mass is 280 g/mol. The van der Waals surface area contributed by atoms with Gasteiger partial charge in [0.1, 0.15) is 0 Å². The Morgan fingerprint density at radius 3 is 3.00 bits per heavy atom. The number of carbonyl (C=O) groups excluding carboxylic acids is 1. The number of fused-ring (bicyclic) bond motifs is 1. The standard InChI is InChI=1S/C15H21ClN2O/c1-3-9-15(2,17)14(19)18-13-8-7-10-11(13)5-4-6-12(10)16/h4-6,13H,3,7-9,17H2,1-2H3,(H,18,19). The number of benzene rings is 1. The van der Waals surface area contributed by atoms with Crippen LogP contribution in [0.25, 0.3) is 0 Å². The predicted octanol–water partition coefficient (Wildman–Crippen LogP) is 2.96. The van der Waals surface area contributed by atoms with Gasteiger partial charge in [0.25, 0.3) is 0 Å². The fourth-order valence-corrected chi connectivity index (χ4v) is 2.99. The third kappa shape index (κ3) is 2.93. The zero-order valence-electron chi connectivity index (χ0n) is 11.5. The highest BCUT2D eigenvalue weighted by molar-refractivity contribution is 6.31. The van der Waals surface area contributed by atoms with Crippen LogP contribution in [-0.2, 0) is 11.2 Å². The topological polar surface area (TPSA) is 55.1 Å². The number of rotatable bonds is 4. The first kappa shape index (κ1) is 14.4. The van der Waals surface area contributed by atoms with Crippen LogP contribution in [0.15, 0.2) is 18.2 Å². The lowest BCUT2D eigenvalue weighted by Gasteiger charge is -2.25. The molecule has 0 spiro atoms. The predicted molar refractivity (Wildman–Crippen MR) is 78.2 cm³/mol. The molecule has 2 unspecified atom stereocenters. The Bertz CT molecular complexity index is 485. The summed E-state index contributed by atoms with van der Waals surface area (Å²) in [5.74, 6) is -0.0767. The average Bonchev–Trinajstić information content (AvgIpc) is 2.74. The lowest BCUT2D eigenvalue weighted by molar-refractivity contribution is -0.126. The second-order valence-corrected chi connectivity index (χ2v) is 5.95. The Hall–Kier alpha value is -1.06. The van der Waals surface area contributed by atoms with Crippen molar-refractivity contribution in [3.63, 3.8) is 0 Å². The van der Waals surface area contributed by atoms with Gasteiger partial charge in [0.15, 0.2) is 0 Å². The van der Waals surface area contributed by atoms with Crippen molar-refractivity contribution in [1.82, 2.24) is 5.32 Å². The number of hydrogen-bond donors (Lipinski definition) is 2. The quantitative estimate of drug-likeness (QED) is 0.891. The lowest BCUT2D eigenvalue weighted by atomic mass is 9.95. The number of hydrogen-bond acceptors (Lipinski definition) is 2. The van der Waals surface area contributed by atoms with E-state index in [2.05, 4.69) is 5.32 Å². The fraction of sp³-hybridized carbons (Fsp3) is 0.533. The van der Waals surface area contributed by atoms with E-state index in [1.807, 2.05) is 25.1 Å². The van der Waals surface area contributed by atoms with Crippen LogP contribution in [0.2, 0.25) is 5.02 Å². The van der Waals surface area contributed by atoms with Gasteiger partial charge in [-0.3, -0.25) is 4.79 Å². The van der Waals surface area contributed by atoms with E-state index in [9.17, 15) is 4.79 Å². The Morgan fingerprint density at radius 1 is 1.58 bits per heavy atom. The maximum atomic E-state index is 12.2. The van der Waals surface area contributed by atoms with Crippen LogP contribution in [0, 0.1) is 0 Å². The highest BCUT2D eigenvalue weighted by Crippen LogP contribution is 2.35. The second kappa shape index (κ2) is 5.51. The molecule has 2 rings (SSSR count). The summed E-state index contributed by atoms with van der Waals surface area (Å²) in [6.07, 6.45) is 3.39. The van der Waals surface area contributed by atoms with Gasteiger partial charge in [-0.05, 0) is 43.4 Å². The van der Waals surface area contributed by atoms with E-state index in [4.69, 9.17) is 17.3 Å². The maximum Gasteiger partial charge on any atom is 0.240 e. The van der Waals surface area contributed by atoms with Crippen LogP contribution in [0.1, 0.15) is 50.3 Å². The van der Waals surface area contributed by atoms with Crippen LogP contribution in [0.4, 0.5) is 0 Å². The molecule has 2 atom stereocenters. The number of amides is 1. The van der Waals surface area contributed by atoms with Crippen LogP contribution in [0.5, 0.6) is 0 Å². The van der Waals surface area contributed by atoms with E-state index in [0.717, 1.165) is 35.4 Å². The van der Waals surface area contributed by atoms with Crippen molar-refractivity contribution in [2.24, 2.45) is 5.73 Å². The van der Waals surface area contributed by atoms with E-state index >= 15 is 0 Å². The normalized spacial score (nSPS) is 20.7. The van der Waals surface area contributed by atoms with Gasteiger partial charge in [-0.1, -0.05) is 37.1 Å². The Morgan fingerprint density at radius 2 is 2.32 bits per heavy atom. The first-order valence-electron chi connectivity index (χ1n) is 6.83.